The van der Waals surface area contributed by atoms with Gasteiger partial charge < -0.3 is 14.7 Å². The first-order valence-corrected chi connectivity index (χ1v) is 24.8. The highest BCUT2D eigenvalue weighted by molar-refractivity contribution is 7.00. The van der Waals surface area contributed by atoms with Crippen molar-refractivity contribution >= 4 is 79.4 Å². The summed E-state index contributed by atoms with van der Waals surface area (Å²) in [5, 5.41) is 2.50. The summed E-state index contributed by atoms with van der Waals surface area (Å²) in [6.07, 6.45) is 4.94. The number of fused-ring (bicyclic) bond motifs is 8. The van der Waals surface area contributed by atoms with Crippen LogP contribution in [-0.2, 0) is 10.8 Å². The Bertz CT molecular complexity index is 3450. The topological polar surface area (TPSA) is 9.72 Å². The van der Waals surface area contributed by atoms with Gasteiger partial charge in [0.25, 0.3) is 6.71 Å². The molecule has 9 aromatic carbocycles. The van der Waals surface area contributed by atoms with E-state index in [9.17, 15) is 0 Å². The molecule has 2 atom stereocenters. The Hall–Kier alpha value is -7.30. The molecule has 0 bridgehead atoms. The first kappa shape index (κ1) is 40.9. The summed E-state index contributed by atoms with van der Waals surface area (Å²) < 4.78 is 0. The lowest BCUT2D eigenvalue weighted by atomic mass is 9.33. The van der Waals surface area contributed by atoms with Crippen molar-refractivity contribution in [2.24, 2.45) is 0 Å². The lowest BCUT2D eigenvalue weighted by molar-refractivity contribution is 0.195. The van der Waals surface area contributed by atoms with E-state index < -0.39 is 0 Å². The Morgan fingerprint density at radius 2 is 1.21 bits per heavy atom. The first-order valence-electron chi connectivity index (χ1n) is 24.8. The largest absolute Gasteiger partial charge is 0.335 e. The van der Waals surface area contributed by atoms with Gasteiger partial charge >= 0.3 is 0 Å². The van der Waals surface area contributed by atoms with Crippen LogP contribution in [0.15, 0.2) is 200 Å². The zero-order valence-corrected chi connectivity index (χ0v) is 39.8. The van der Waals surface area contributed by atoms with Gasteiger partial charge in [-0.1, -0.05) is 186 Å². The predicted octanol–water partition coefficient (Wildman–Crippen LogP) is 15.3. The molecule has 4 aliphatic rings. The van der Waals surface area contributed by atoms with Crippen LogP contribution >= 0.6 is 0 Å². The quantitative estimate of drug-likeness (QED) is 0.154. The van der Waals surface area contributed by atoms with Crippen molar-refractivity contribution in [2.45, 2.75) is 76.7 Å². The summed E-state index contributed by atoms with van der Waals surface area (Å²) in [4.78, 5) is 7.90. The lowest BCUT2D eigenvalue weighted by Gasteiger charge is -2.52. The number of hydrogen-bond donors (Lipinski definition) is 0. The molecule has 0 spiro atoms. The van der Waals surface area contributed by atoms with Crippen LogP contribution in [0, 0.1) is 0 Å². The van der Waals surface area contributed by atoms with Crippen molar-refractivity contribution in [3.8, 4) is 22.3 Å². The molecule has 3 heterocycles. The molecular formula is C64H56BN3. The molecule has 0 amide bonds. The summed E-state index contributed by atoms with van der Waals surface area (Å²) in [5.74, 6) is 0. The van der Waals surface area contributed by atoms with Crippen molar-refractivity contribution in [1.82, 2.24) is 0 Å². The van der Waals surface area contributed by atoms with Crippen LogP contribution < -0.4 is 31.1 Å². The third kappa shape index (κ3) is 5.92. The van der Waals surface area contributed by atoms with E-state index in [4.69, 9.17) is 0 Å². The van der Waals surface area contributed by atoms with Crippen molar-refractivity contribution in [3.63, 3.8) is 0 Å². The highest BCUT2D eigenvalue weighted by atomic mass is 15.3. The monoisotopic (exact) mass is 877 g/mol. The highest BCUT2D eigenvalue weighted by Gasteiger charge is 2.61. The van der Waals surface area contributed by atoms with E-state index in [1.165, 1.54) is 115 Å². The second-order valence-electron chi connectivity index (χ2n) is 21.2. The van der Waals surface area contributed by atoms with Gasteiger partial charge in [0.1, 0.15) is 0 Å². The van der Waals surface area contributed by atoms with E-state index in [1.807, 2.05) is 0 Å². The maximum Gasteiger partial charge on any atom is 0.252 e. The Kier molecular flexibility index (Phi) is 9.09. The van der Waals surface area contributed by atoms with Crippen molar-refractivity contribution in [3.05, 3.63) is 211 Å². The van der Waals surface area contributed by atoms with Gasteiger partial charge in [-0.15, -0.1) is 0 Å². The Balaban J connectivity index is 1.07. The van der Waals surface area contributed by atoms with Crippen LogP contribution in [0.5, 0.6) is 0 Å². The summed E-state index contributed by atoms with van der Waals surface area (Å²) in [5.41, 5.74) is 21.8. The van der Waals surface area contributed by atoms with E-state index in [0.29, 0.717) is 0 Å². The molecule has 0 radical (unpaired) electrons. The van der Waals surface area contributed by atoms with E-state index in [-0.39, 0.29) is 23.1 Å². The first-order chi connectivity index (χ1) is 33.1. The van der Waals surface area contributed by atoms with Gasteiger partial charge in [-0.25, -0.2) is 0 Å². The van der Waals surface area contributed by atoms with Crippen LogP contribution in [0.2, 0.25) is 0 Å². The molecular weight excluding hydrogens is 822 g/mol. The molecule has 9 aromatic rings. The average molecular weight is 878 g/mol. The maximum atomic E-state index is 2.82. The van der Waals surface area contributed by atoms with Gasteiger partial charge in [-0.05, 0) is 135 Å². The number of hydrogen-bond acceptors (Lipinski definition) is 3. The van der Waals surface area contributed by atoms with Gasteiger partial charge in [0, 0.05) is 50.8 Å². The Morgan fingerprint density at radius 1 is 0.529 bits per heavy atom. The van der Waals surface area contributed by atoms with Crippen LogP contribution in [-0.4, -0.2) is 12.3 Å². The van der Waals surface area contributed by atoms with Crippen molar-refractivity contribution in [1.29, 1.82) is 0 Å². The van der Waals surface area contributed by atoms with Gasteiger partial charge in [-0.3, -0.25) is 0 Å². The van der Waals surface area contributed by atoms with Gasteiger partial charge in [0.15, 0.2) is 0 Å². The number of para-hydroxylation sites is 2. The van der Waals surface area contributed by atoms with Crippen LogP contribution in [0.25, 0.3) is 33.0 Å². The normalized spacial score (nSPS) is 18.8. The van der Waals surface area contributed by atoms with Gasteiger partial charge in [-0.2, -0.15) is 0 Å². The van der Waals surface area contributed by atoms with E-state index >= 15 is 0 Å². The molecule has 3 nitrogen and oxygen atoms in total. The minimum atomic E-state index is -0.0136. The second kappa shape index (κ2) is 15.1. The zero-order valence-electron chi connectivity index (χ0n) is 39.8. The molecule has 2 unspecified atom stereocenters. The predicted molar refractivity (Wildman–Crippen MR) is 290 cm³/mol. The molecule has 1 fully saturated rings. The average Bonchev–Trinajstić information content (AvgIpc) is 3.59. The van der Waals surface area contributed by atoms with Crippen molar-refractivity contribution < 1.29 is 0 Å². The van der Waals surface area contributed by atoms with E-state index in [1.54, 1.807) is 0 Å². The molecule has 0 aromatic heterocycles. The summed E-state index contributed by atoms with van der Waals surface area (Å²) in [6.45, 7) is 12.1. The molecule has 68 heavy (non-hydrogen) atoms. The SMILES string of the molecule is CC(C)(C)c1ccc(N2c3cc(N(c4cccc(-c5cccc6ccccc56)c4)c4ccccc4-c4ccccc4)ccc3B3c4cccc5c4N(c4cccc2c43)C2(C)CCCCC52C)cc1. The fraction of sp³-hybridized carbons (Fsp3) is 0.188. The van der Waals surface area contributed by atoms with Crippen LogP contribution in [0.4, 0.5) is 45.5 Å². The fourth-order valence-electron chi connectivity index (χ4n) is 13.0. The minimum absolute atomic E-state index is 0.0136. The number of anilines is 8. The maximum absolute atomic E-state index is 2.82. The van der Waals surface area contributed by atoms with E-state index in [0.717, 1.165) is 17.1 Å². The molecule has 4 heteroatoms. The second-order valence-corrected chi connectivity index (χ2v) is 21.2. The third-order valence-electron chi connectivity index (χ3n) is 16.5. The summed E-state index contributed by atoms with van der Waals surface area (Å²) in [7, 11) is 0. The number of nitrogens with zero attached hydrogens (tertiary/aromatic N) is 3. The fourth-order valence-corrected chi connectivity index (χ4v) is 13.0. The van der Waals surface area contributed by atoms with E-state index in [2.05, 4.69) is 250 Å². The molecule has 1 saturated carbocycles. The van der Waals surface area contributed by atoms with Crippen LogP contribution in [0.3, 0.4) is 0 Å². The number of rotatable bonds is 6. The zero-order chi connectivity index (χ0) is 45.9. The smallest absolute Gasteiger partial charge is 0.252 e. The molecule has 13 rings (SSSR count). The number of benzene rings is 9. The Labute approximate surface area is 402 Å². The summed E-state index contributed by atoms with van der Waals surface area (Å²) >= 11 is 0. The minimum Gasteiger partial charge on any atom is -0.335 e. The Morgan fingerprint density at radius 3 is 2.06 bits per heavy atom. The molecule has 1 aliphatic carbocycles. The lowest BCUT2D eigenvalue weighted by Crippen LogP contribution is -2.64. The molecule has 330 valence electrons. The molecule has 0 saturated heterocycles. The molecule has 3 aliphatic heterocycles. The third-order valence-corrected chi connectivity index (χ3v) is 16.5. The standard InChI is InChI=1S/C64H56BN3/c1-62(2,3)46-33-35-47(36-34-46)67-57-31-18-32-58-60(57)65(55-29-17-28-53-61(55)68(58)64(5)40-14-13-39-63(53,64)4)54-38-37-49(42-59(54)67)66(56-30-12-11-26-52(56)44-19-7-6-8-20-44)48-24-15-23-45(41-48)51-27-16-22-43-21-9-10-25-50(43)51/h6-12,15-38,41-42H,13-14,39-40H2,1-5H3. The van der Waals surface area contributed by atoms with Gasteiger partial charge in [0.05, 0.1) is 11.2 Å². The highest BCUT2D eigenvalue weighted by Crippen LogP contribution is 2.61. The van der Waals surface area contributed by atoms with Gasteiger partial charge in [0.2, 0.25) is 0 Å². The van der Waals surface area contributed by atoms with Crippen LogP contribution in [0.1, 0.15) is 71.4 Å². The molecule has 0 N–H and O–H groups in total. The van der Waals surface area contributed by atoms with Crippen molar-refractivity contribution in [2.75, 3.05) is 14.7 Å². The summed E-state index contributed by atoms with van der Waals surface area (Å²) in [6, 6.07) is 75.5.